The van der Waals surface area contributed by atoms with Crippen LogP contribution in [0.5, 0.6) is 0 Å². The molecule has 0 amide bonds. The summed E-state index contributed by atoms with van der Waals surface area (Å²) in [6, 6.07) is 2.11. The van der Waals surface area contributed by atoms with Crippen LogP contribution in [0.15, 0.2) is 21.3 Å². The molecule has 0 fully saturated rings. The van der Waals surface area contributed by atoms with Gasteiger partial charge in [0.25, 0.3) is 5.56 Å². The number of hydrogen-bond acceptors (Lipinski definition) is 4. The summed E-state index contributed by atoms with van der Waals surface area (Å²) in [6.07, 6.45) is -0.578. The summed E-state index contributed by atoms with van der Waals surface area (Å²) in [6.45, 7) is 4.31. The fourth-order valence-corrected chi connectivity index (χ4v) is 2.83. The number of unbranched alkanes of at least 4 members (excludes halogenated alkanes) is 3. The second-order valence-electron chi connectivity index (χ2n) is 6.00. The molecule has 134 valence electrons. The lowest BCUT2D eigenvalue weighted by Crippen LogP contribution is -2.23. The van der Waals surface area contributed by atoms with Crippen LogP contribution in [0, 0.1) is 6.92 Å². The molecular weight excluding hydrogens is 335 g/mol. The van der Waals surface area contributed by atoms with Gasteiger partial charge in [-0.2, -0.15) is 13.2 Å². The Labute approximate surface area is 141 Å². The number of nitrogens with zero attached hydrogens (tertiary/aromatic N) is 3. The number of hydrogen-bond donors (Lipinski definition) is 0. The van der Waals surface area contributed by atoms with Crippen LogP contribution in [0.3, 0.4) is 0 Å². The molecule has 0 atom stereocenters. The minimum atomic E-state index is -4.57. The first-order valence-corrected chi connectivity index (χ1v) is 8.20. The van der Waals surface area contributed by atoms with Crippen LogP contribution in [0.2, 0.25) is 0 Å². The molecule has 0 saturated carbocycles. The maximum absolute atomic E-state index is 12.8. The number of halogens is 3. The van der Waals surface area contributed by atoms with Gasteiger partial charge in [-0.3, -0.25) is 9.36 Å². The Balaban J connectivity index is 2.09. The predicted molar refractivity (Wildman–Crippen MR) is 87.5 cm³/mol. The van der Waals surface area contributed by atoms with Crippen LogP contribution in [0.4, 0.5) is 13.2 Å². The zero-order valence-electron chi connectivity index (χ0n) is 14.0. The number of fused-ring (bicyclic) bond motifs is 3. The Morgan fingerprint density at radius 3 is 2.60 bits per heavy atom. The van der Waals surface area contributed by atoms with Gasteiger partial charge in [0.15, 0.2) is 0 Å². The first-order chi connectivity index (χ1) is 11.8. The van der Waals surface area contributed by atoms with E-state index in [9.17, 15) is 18.0 Å². The predicted octanol–water partition coefficient (Wildman–Crippen LogP) is 4.45. The smallest absolute Gasteiger partial charge is 0.430 e. The quantitative estimate of drug-likeness (QED) is 0.636. The van der Waals surface area contributed by atoms with E-state index in [4.69, 9.17) is 4.42 Å². The molecule has 3 heterocycles. The van der Waals surface area contributed by atoms with Crippen molar-refractivity contribution in [3.05, 3.63) is 34.0 Å². The van der Waals surface area contributed by atoms with Crippen molar-refractivity contribution >= 4 is 22.2 Å². The molecule has 0 bridgehead atoms. The summed E-state index contributed by atoms with van der Waals surface area (Å²) < 4.78 is 45.2. The van der Waals surface area contributed by atoms with E-state index >= 15 is 0 Å². The van der Waals surface area contributed by atoms with Crippen LogP contribution < -0.4 is 5.56 Å². The Morgan fingerprint density at radius 2 is 1.92 bits per heavy atom. The van der Waals surface area contributed by atoms with Gasteiger partial charge in [0.05, 0.1) is 5.39 Å². The summed E-state index contributed by atoms with van der Waals surface area (Å²) in [5.41, 5.74) is -1.47. The summed E-state index contributed by atoms with van der Waals surface area (Å²) in [7, 11) is 0. The third-order valence-electron chi connectivity index (χ3n) is 4.16. The summed E-state index contributed by atoms with van der Waals surface area (Å²) in [5, 5.41) is 0.307. The average Bonchev–Trinajstić information content (AvgIpc) is 2.91. The fraction of sp³-hybridized carbons (Fsp3) is 0.471. The van der Waals surface area contributed by atoms with Gasteiger partial charge in [0, 0.05) is 6.54 Å². The van der Waals surface area contributed by atoms with Crippen molar-refractivity contribution in [3.63, 3.8) is 0 Å². The average molecular weight is 353 g/mol. The SMILES string of the molecule is CCCCCCn1c(C)nc2c(oc3nc(C(F)(F)F)ccc32)c1=O. The molecule has 0 radical (unpaired) electrons. The number of aryl methyl sites for hydroxylation is 1. The molecule has 3 aromatic rings. The summed E-state index contributed by atoms with van der Waals surface area (Å²) >= 11 is 0. The first kappa shape index (κ1) is 17.4. The Morgan fingerprint density at radius 1 is 1.16 bits per heavy atom. The minimum absolute atomic E-state index is 0.0529. The highest BCUT2D eigenvalue weighted by molar-refractivity contribution is 6.00. The third-order valence-corrected chi connectivity index (χ3v) is 4.16. The second kappa shape index (κ2) is 6.50. The van der Waals surface area contributed by atoms with E-state index < -0.39 is 11.9 Å². The van der Waals surface area contributed by atoms with Crippen molar-refractivity contribution in [2.24, 2.45) is 0 Å². The monoisotopic (exact) mass is 353 g/mol. The van der Waals surface area contributed by atoms with Crippen molar-refractivity contribution < 1.29 is 17.6 Å². The van der Waals surface area contributed by atoms with E-state index in [-0.39, 0.29) is 22.4 Å². The highest BCUT2D eigenvalue weighted by atomic mass is 19.4. The normalized spacial score (nSPS) is 12.4. The van der Waals surface area contributed by atoms with Crippen LogP contribution in [0.25, 0.3) is 22.2 Å². The highest BCUT2D eigenvalue weighted by Crippen LogP contribution is 2.31. The maximum Gasteiger partial charge on any atom is 0.433 e. The van der Waals surface area contributed by atoms with Gasteiger partial charge in [0.1, 0.15) is 17.0 Å². The second-order valence-corrected chi connectivity index (χ2v) is 6.00. The molecule has 3 aromatic heterocycles. The molecule has 0 saturated heterocycles. The molecule has 0 unspecified atom stereocenters. The Hall–Kier alpha value is -2.38. The molecule has 0 aliphatic carbocycles. The summed E-state index contributed by atoms with van der Waals surface area (Å²) in [5.74, 6) is 0.511. The van der Waals surface area contributed by atoms with Gasteiger partial charge in [-0.15, -0.1) is 0 Å². The van der Waals surface area contributed by atoms with E-state index in [1.165, 1.54) is 10.6 Å². The number of rotatable bonds is 5. The molecule has 8 heteroatoms. The molecule has 0 aromatic carbocycles. The lowest BCUT2D eigenvalue weighted by molar-refractivity contribution is -0.141. The van der Waals surface area contributed by atoms with E-state index in [1.54, 1.807) is 6.92 Å². The lowest BCUT2D eigenvalue weighted by Gasteiger charge is -2.08. The van der Waals surface area contributed by atoms with Crippen molar-refractivity contribution in [1.29, 1.82) is 0 Å². The number of furan rings is 1. The van der Waals surface area contributed by atoms with Gasteiger partial charge in [-0.1, -0.05) is 26.2 Å². The molecule has 0 aliphatic heterocycles. The molecule has 0 N–H and O–H groups in total. The van der Waals surface area contributed by atoms with Crippen LogP contribution >= 0.6 is 0 Å². The van der Waals surface area contributed by atoms with Gasteiger partial charge in [-0.05, 0) is 25.5 Å². The molecule has 25 heavy (non-hydrogen) atoms. The fourth-order valence-electron chi connectivity index (χ4n) is 2.83. The lowest BCUT2D eigenvalue weighted by atomic mass is 10.2. The number of alkyl halides is 3. The van der Waals surface area contributed by atoms with Crippen LogP contribution in [-0.2, 0) is 12.7 Å². The number of pyridine rings is 1. The van der Waals surface area contributed by atoms with Crippen LogP contribution in [-0.4, -0.2) is 14.5 Å². The van der Waals surface area contributed by atoms with Gasteiger partial charge in [-0.25, -0.2) is 9.97 Å². The van der Waals surface area contributed by atoms with Crippen molar-refractivity contribution in [2.75, 3.05) is 0 Å². The van der Waals surface area contributed by atoms with E-state index in [2.05, 4.69) is 16.9 Å². The zero-order chi connectivity index (χ0) is 18.2. The van der Waals surface area contributed by atoms with Crippen molar-refractivity contribution in [3.8, 4) is 0 Å². The third kappa shape index (κ3) is 3.25. The zero-order valence-corrected chi connectivity index (χ0v) is 14.0. The minimum Gasteiger partial charge on any atom is -0.430 e. The molecule has 0 aliphatic rings. The molecule has 3 rings (SSSR count). The largest absolute Gasteiger partial charge is 0.433 e. The van der Waals surface area contributed by atoms with E-state index in [0.29, 0.717) is 17.8 Å². The molecular formula is C17H18F3N3O2. The molecule has 0 spiro atoms. The first-order valence-electron chi connectivity index (χ1n) is 8.20. The molecule has 5 nitrogen and oxygen atoms in total. The van der Waals surface area contributed by atoms with E-state index in [1.807, 2.05) is 0 Å². The standard InChI is InChI=1S/C17H18F3N3O2/c1-3-4-5-6-9-23-10(2)21-13-11-7-8-12(17(18,19)20)22-15(11)25-14(13)16(23)24/h7-8H,3-6,9H2,1-2H3. The number of aromatic nitrogens is 3. The Kier molecular flexibility index (Phi) is 4.53. The van der Waals surface area contributed by atoms with Gasteiger partial charge < -0.3 is 4.42 Å². The maximum atomic E-state index is 12.8. The Bertz CT molecular complexity index is 973. The van der Waals surface area contributed by atoms with Crippen molar-refractivity contribution in [2.45, 2.75) is 52.3 Å². The van der Waals surface area contributed by atoms with Gasteiger partial charge >= 0.3 is 6.18 Å². The van der Waals surface area contributed by atoms with Crippen LogP contribution in [0.1, 0.15) is 44.1 Å². The van der Waals surface area contributed by atoms with Crippen molar-refractivity contribution in [1.82, 2.24) is 14.5 Å². The highest BCUT2D eigenvalue weighted by Gasteiger charge is 2.33. The van der Waals surface area contributed by atoms with E-state index in [0.717, 1.165) is 31.7 Å². The topological polar surface area (TPSA) is 60.9 Å². The van der Waals surface area contributed by atoms with Gasteiger partial charge in [0.2, 0.25) is 11.3 Å². The summed E-state index contributed by atoms with van der Waals surface area (Å²) in [4.78, 5) is 20.5.